The highest BCUT2D eigenvalue weighted by molar-refractivity contribution is 5.83. The zero-order chi connectivity index (χ0) is 14.5. The molecule has 1 fully saturated rings. The Morgan fingerprint density at radius 3 is 2.50 bits per heavy atom. The first-order valence-electron chi connectivity index (χ1n) is 6.95. The minimum Gasteiger partial charge on any atom is -0.479 e. The van der Waals surface area contributed by atoms with Crippen molar-refractivity contribution >= 4 is 12.0 Å². The van der Waals surface area contributed by atoms with Gasteiger partial charge in [-0.3, -0.25) is 0 Å². The molecule has 5 heteroatoms. The van der Waals surface area contributed by atoms with E-state index in [-0.39, 0.29) is 6.03 Å². The summed E-state index contributed by atoms with van der Waals surface area (Å²) in [5, 5.41) is 11.9. The van der Waals surface area contributed by atoms with Crippen LogP contribution in [-0.2, 0) is 4.79 Å². The van der Waals surface area contributed by atoms with Gasteiger partial charge in [-0.25, -0.2) is 9.59 Å². The maximum Gasteiger partial charge on any atom is 0.330 e. The first-order chi connectivity index (χ1) is 9.61. The van der Waals surface area contributed by atoms with Crippen molar-refractivity contribution in [2.24, 2.45) is 5.92 Å². The van der Waals surface area contributed by atoms with Gasteiger partial charge in [-0.05, 0) is 31.2 Å². The topological polar surface area (TPSA) is 69.6 Å². The zero-order valence-electron chi connectivity index (χ0n) is 11.6. The van der Waals surface area contributed by atoms with Crippen LogP contribution < -0.4 is 5.32 Å². The van der Waals surface area contributed by atoms with E-state index in [4.69, 9.17) is 0 Å². The van der Waals surface area contributed by atoms with Gasteiger partial charge in [0.05, 0.1) is 0 Å². The van der Waals surface area contributed by atoms with Crippen LogP contribution in [-0.4, -0.2) is 35.1 Å². The van der Waals surface area contributed by atoms with Crippen LogP contribution in [0.2, 0.25) is 0 Å². The molecule has 0 aromatic heterocycles. The highest BCUT2D eigenvalue weighted by atomic mass is 16.4. The van der Waals surface area contributed by atoms with E-state index in [0.29, 0.717) is 24.6 Å². The van der Waals surface area contributed by atoms with Crippen molar-refractivity contribution in [3.8, 4) is 0 Å². The molecule has 1 aliphatic carbocycles. The van der Waals surface area contributed by atoms with E-state index in [1.54, 1.807) is 29.2 Å². The number of carboxylic acids is 1. The fourth-order valence-corrected chi connectivity index (χ4v) is 2.12. The second kappa shape index (κ2) is 6.41. The van der Waals surface area contributed by atoms with Gasteiger partial charge in [-0.1, -0.05) is 30.3 Å². The van der Waals surface area contributed by atoms with Gasteiger partial charge in [0, 0.05) is 13.1 Å². The summed E-state index contributed by atoms with van der Waals surface area (Å²) < 4.78 is 0. The summed E-state index contributed by atoms with van der Waals surface area (Å²) in [5.74, 6) is -0.465. The zero-order valence-corrected chi connectivity index (χ0v) is 11.6. The fourth-order valence-electron chi connectivity index (χ4n) is 2.12. The van der Waals surface area contributed by atoms with Gasteiger partial charge >= 0.3 is 12.0 Å². The van der Waals surface area contributed by atoms with Crippen molar-refractivity contribution in [1.82, 2.24) is 10.2 Å². The molecule has 20 heavy (non-hydrogen) atoms. The maximum absolute atomic E-state index is 12.2. The molecule has 0 heterocycles. The normalized spacial score (nSPS) is 15.4. The third-order valence-electron chi connectivity index (χ3n) is 3.49. The van der Waals surface area contributed by atoms with Crippen LogP contribution in [0.5, 0.6) is 0 Å². The molecule has 1 saturated carbocycles. The quantitative estimate of drug-likeness (QED) is 0.837. The van der Waals surface area contributed by atoms with E-state index in [2.05, 4.69) is 5.32 Å². The van der Waals surface area contributed by atoms with Gasteiger partial charge in [0.15, 0.2) is 6.04 Å². The van der Waals surface area contributed by atoms with Crippen LogP contribution in [0.4, 0.5) is 4.79 Å². The van der Waals surface area contributed by atoms with Gasteiger partial charge in [-0.15, -0.1) is 0 Å². The summed E-state index contributed by atoms with van der Waals surface area (Å²) in [4.78, 5) is 25.2. The van der Waals surface area contributed by atoms with E-state index < -0.39 is 12.0 Å². The number of carboxylic acid groups (broad SMARTS) is 1. The number of rotatable bonds is 6. The van der Waals surface area contributed by atoms with Gasteiger partial charge < -0.3 is 15.3 Å². The molecule has 2 rings (SSSR count). The summed E-state index contributed by atoms with van der Waals surface area (Å²) >= 11 is 0. The van der Waals surface area contributed by atoms with Crippen LogP contribution in [0.1, 0.15) is 31.4 Å². The summed E-state index contributed by atoms with van der Waals surface area (Å²) in [7, 11) is 0. The lowest BCUT2D eigenvalue weighted by molar-refractivity contribution is -0.139. The standard InChI is InChI=1S/C15H20N2O3/c1-2-17(10-11-8-9-11)15(20)16-13(14(18)19)12-6-4-3-5-7-12/h3-7,11,13H,2,8-10H2,1H3,(H,16,20)(H,18,19)/t13-/m1/s1. The van der Waals surface area contributed by atoms with Gasteiger partial charge in [0.2, 0.25) is 0 Å². The molecule has 0 radical (unpaired) electrons. The van der Waals surface area contributed by atoms with Crippen LogP contribution in [0, 0.1) is 5.92 Å². The van der Waals surface area contributed by atoms with Crippen LogP contribution >= 0.6 is 0 Å². The van der Waals surface area contributed by atoms with Crippen LogP contribution in [0.15, 0.2) is 30.3 Å². The number of nitrogens with one attached hydrogen (secondary N) is 1. The number of hydrogen-bond donors (Lipinski definition) is 2. The Morgan fingerprint density at radius 1 is 1.35 bits per heavy atom. The first-order valence-corrected chi connectivity index (χ1v) is 6.95. The average molecular weight is 276 g/mol. The lowest BCUT2D eigenvalue weighted by atomic mass is 10.1. The van der Waals surface area contributed by atoms with Crippen molar-refractivity contribution in [1.29, 1.82) is 0 Å². The van der Waals surface area contributed by atoms with E-state index in [9.17, 15) is 14.7 Å². The third-order valence-corrected chi connectivity index (χ3v) is 3.49. The Hall–Kier alpha value is -2.04. The molecular formula is C15H20N2O3. The molecule has 0 aliphatic heterocycles. The SMILES string of the molecule is CCN(CC1CC1)C(=O)N[C@@H](C(=O)O)c1ccccc1. The van der Waals surface area contributed by atoms with Crippen molar-refractivity contribution in [3.05, 3.63) is 35.9 Å². The van der Waals surface area contributed by atoms with Crippen LogP contribution in [0.25, 0.3) is 0 Å². The minimum atomic E-state index is -1.05. The second-order valence-corrected chi connectivity index (χ2v) is 5.11. The largest absolute Gasteiger partial charge is 0.479 e. The maximum atomic E-state index is 12.2. The minimum absolute atomic E-state index is 0.310. The Morgan fingerprint density at radius 2 is 2.00 bits per heavy atom. The molecule has 0 unspecified atom stereocenters. The smallest absolute Gasteiger partial charge is 0.330 e. The molecule has 0 bridgehead atoms. The molecule has 1 aromatic carbocycles. The van der Waals surface area contributed by atoms with E-state index in [1.165, 1.54) is 0 Å². The molecular weight excluding hydrogens is 256 g/mol. The van der Waals surface area contributed by atoms with Crippen LogP contribution in [0.3, 0.4) is 0 Å². The summed E-state index contributed by atoms with van der Waals surface area (Å²) in [6.07, 6.45) is 2.32. The predicted octanol–water partition coefficient (Wildman–Crippen LogP) is 2.25. The van der Waals surface area contributed by atoms with E-state index in [1.807, 2.05) is 13.0 Å². The van der Waals surface area contributed by atoms with E-state index >= 15 is 0 Å². The first kappa shape index (κ1) is 14.4. The summed E-state index contributed by atoms with van der Waals surface area (Å²) in [5.41, 5.74) is 0.579. The number of urea groups is 1. The van der Waals surface area contributed by atoms with Crippen molar-refractivity contribution in [2.75, 3.05) is 13.1 Å². The number of nitrogens with zero attached hydrogens (tertiary/aromatic N) is 1. The summed E-state index contributed by atoms with van der Waals surface area (Å²) in [6, 6.07) is 7.44. The average Bonchev–Trinajstić information content (AvgIpc) is 3.26. The van der Waals surface area contributed by atoms with Gasteiger partial charge in [-0.2, -0.15) is 0 Å². The number of carbonyl (C=O) groups excluding carboxylic acids is 1. The highest BCUT2D eigenvalue weighted by Gasteiger charge is 2.28. The highest BCUT2D eigenvalue weighted by Crippen LogP contribution is 2.29. The predicted molar refractivity (Wildman–Crippen MR) is 75.3 cm³/mol. The molecule has 1 aliphatic rings. The fraction of sp³-hybridized carbons (Fsp3) is 0.467. The lowest BCUT2D eigenvalue weighted by Crippen LogP contribution is -2.44. The van der Waals surface area contributed by atoms with E-state index in [0.717, 1.165) is 12.8 Å². The van der Waals surface area contributed by atoms with Gasteiger partial charge in [0.25, 0.3) is 0 Å². The molecule has 2 amide bonds. The Kier molecular flexibility index (Phi) is 4.61. The molecule has 1 aromatic rings. The Bertz CT molecular complexity index is 471. The second-order valence-electron chi connectivity index (χ2n) is 5.11. The molecule has 0 spiro atoms. The summed E-state index contributed by atoms with van der Waals surface area (Å²) in [6.45, 7) is 3.20. The number of hydrogen-bond acceptors (Lipinski definition) is 2. The number of aliphatic carboxylic acids is 1. The number of benzene rings is 1. The Balaban J connectivity index is 2.03. The third kappa shape index (κ3) is 3.73. The molecule has 2 N–H and O–H groups in total. The van der Waals surface area contributed by atoms with Crippen molar-refractivity contribution < 1.29 is 14.7 Å². The van der Waals surface area contributed by atoms with Gasteiger partial charge in [0.1, 0.15) is 0 Å². The van der Waals surface area contributed by atoms with Crippen molar-refractivity contribution in [3.63, 3.8) is 0 Å². The monoisotopic (exact) mass is 276 g/mol. The molecule has 108 valence electrons. The lowest BCUT2D eigenvalue weighted by Gasteiger charge is -2.24. The van der Waals surface area contributed by atoms with Crippen molar-refractivity contribution in [2.45, 2.75) is 25.8 Å². The molecule has 1 atom stereocenters. The molecule has 5 nitrogen and oxygen atoms in total. The number of carbonyl (C=O) groups is 2. The molecule has 0 saturated heterocycles. The Labute approximate surface area is 118 Å². The number of amides is 2.